The van der Waals surface area contributed by atoms with E-state index in [2.05, 4.69) is 15.3 Å². The lowest BCUT2D eigenvalue weighted by atomic mass is 10.1. The molecule has 4 rings (SSSR count). The monoisotopic (exact) mass is 394 g/mol. The molecule has 1 unspecified atom stereocenters. The lowest BCUT2D eigenvalue weighted by Crippen LogP contribution is -2.11. The molecule has 0 saturated heterocycles. The normalized spacial score (nSPS) is 12.2. The van der Waals surface area contributed by atoms with Crippen molar-refractivity contribution in [3.8, 4) is 5.75 Å². The molecule has 9 heteroatoms. The van der Waals surface area contributed by atoms with Gasteiger partial charge in [0.25, 0.3) is 11.2 Å². The van der Waals surface area contributed by atoms with E-state index in [1.54, 1.807) is 7.11 Å². The summed E-state index contributed by atoms with van der Waals surface area (Å²) < 4.78 is 11.2. The minimum atomic E-state index is -0.530. The molecule has 0 aliphatic heterocycles. The number of nitrogens with one attached hydrogen (secondary N) is 2. The first-order valence-corrected chi connectivity index (χ1v) is 8.88. The zero-order valence-corrected chi connectivity index (χ0v) is 16.0. The molecule has 2 N–H and O–H groups in total. The van der Waals surface area contributed by atoms with Gasteiger partial charge in [-0.15, -0.1) is 0 Å². The van der Waals surface area contributed by atoms with Crippen molar-refractivity contribution in [3.63, 3.8) is 0 Å². The number of nitrogens with zero attached hydrogens (tertiary/aromatic N) is 2. The summed E-state index contributed by atoms with van der Waals surface area (Å²) in [6.45, 7) is 3.77. The van der Waals surface area contributed by atoms with Gasteiger partial charge in [0.1, 0.15) is 22.8 Å². The third-order valence-corrected chi connectivity index (χ3v) is 4.90. The summed E-state index contributed by atoms with van der Waals surface area (Å²) in [5.74, 6) is 1.37. The van der Waals surface area contributed by atoms with Crippen LogP contribution in [-0.4, -0.2) is 22.0 Å². The van der Waals surface area contributed by atoms with E-state index in [-0.39, 0.29) is 22.8 Å². The third-order valence-electron chi connectivity index (χ3n) is 4.90. The second-order valence-corrected chi connectivity index (χ2v) is 6.69. The van der Waals surface area contributed by atoms with Gasteiger partial charge in [0.2, 0.25) is 0 Å². The van der Waals surface area contributed by atoms with Crippen LogP contribution < -0.4 is 15.6 Å². The first-order chi connectivity index (χ1) is 13.9. The van der Waals surface area contributed by atoms with Crippen molar-refractivity contribution >= 4 is 33.2 Å². The van der Waals surface area contributed by atoms with E-state index in [0.29, 0.717) is 16.9 Å². The van der Waals surface area contributed by atoms with Crippen LogP contribution in [0.25, 0.3) is 21.9 Å². The fourth-order valence-electron chi connectivity index (χ4n) is 3.43. The number of anilines is 1. The highest BCUT2D eigenvalue weighted by Crippen LogP contribution is 2.35. The van der Waals surface area contributed by atoms with E-state index in [0.717, 1.165) is 16.7 Å². The second-order valence-electron chi connectivity index (χ2n) is 6.69. The molecule has 2 aromatic carbocycles. The largest absolute Gasteiger partial charge is 0.497 e. The predicted molar refractivity (Wildman–Crippen MR) is 109 cm³/mol. The number of methoxy groups -OCH3 is 1. The third kappa shape index (κ3) is 3.16. The standard InChI is InChI=1S/C20H18N4O5/c1-10-13-6-12(28-3)4-5-18(13)29-19(10)11(2)23-16-8-15-14(7-17(16)24(26)27)20(25)22-9-21-15/h4-9,11,23H,1-3H3,(H,21,22,25). The molecular formula is C20H18N4O5. The van der Waals surface area contributed by atoms with Gasteiger partial charge in [-0.25, -0.2) is 4.98 Å². The molecule has 0 fully saturated rings. The summed E-state index contributed by atoms with van der Waals surface area (Å²) >= 11 is 0. The Labute approximate surface area is 164 Å². The second kappa shape index (κ2) is 6.93. The maximum atomic E-state index is 11.9. The molecule has 1 atom stereocenters. The maximum Gasteiger partial charge on any atom is 0.293 e. The van der Waals surface area contributed by atoms with Crippen molar-refractivity contribution in [3.05, 3.63) is 68.5 Å². The van der Waals surface area contributed by atoms with E-state index in [4.69, 9.17) is 9.15 Å². The van der Waals surface area contributed by atoms with Crippen LogP contribution in [0.3, 0.4) is 0 Å². The van der Waals surface area contributed by atoms with Gasteiger partial charge < -0.3 is 19.5 Å². The summed E-state index contributed by atoms with van der Waals surface area (Å²) in [6, 6.07) is 7.88. The highest BCUT2D eigenvalue weighted by atomic mass is 16.6. The SMILES string of the molecule is COc1ccc2oc(C(C)Nc3cc4nc[nH]c(=O)c4cc3[N+](=O)[O-])c(C)c2c1. The van der Waals surface area contributed by atoms with Crippen molar-refractivity contribution in [2.24, 2.45) is 0 Å². The fourth-order valence-corrected chi connectivity index (χ4v) is 3.43. The molecule has 0 radical (unpaired) electrons. The predicted octanol–water partition coefficient (Wildman–Crippen LogP) is 4.07. The number of hydrogen-bond donors (Lipinski definition) is 2. The van der Waals surface area contributed by atoms with Crippen LogP contribution in [0.2, 0.25) is 0 Å². The van der Waals surface area contributed by atoms with E-state index in [1.807, 2.05) is 32.0 Å². The van der Waals surface area contributed by atoms with Gasteiger partial charge in [-0.05, 0) is 38.1 Å². The minimum Gasteiger partial charge on any atom is -0.497 e. The number of hydrogen-bond acceptors (Lipinski definition) is 7. The fraction of sp³-hybridized carbons (Fsp3) is 0.200. The topological polar surface area (TPSA) is 123 Å². The molecule has 0 aliphatic rings. The Hall–Kier alpha value is -3.88. The van der Waals surface area contributed by atoms with Gasteiger partial charge >= 0.3 is 0 Å². The van der Waals surface area contributed by atoms with Gasteiger partial charge in [-0.2, -0.15) is 0 Å². The van der Waals surface area contributed by atoms with Crippen LogP contribution in [0.15, 0.2) is 45.9 Å². The van der Waals surface area contributed by atoms with Gasteiger partial charge in [0, 0.05) is 17.0 Å². The zero-order valence-electron chi connectivity index (χ0n) is 16.0. The Bertz CT molecular complexity index is 1310. The van der Waals surface area contributed by atoms with E-state index >= 15 is 0 Å². The summed E-state index contributed by atoms with van der Waals surface area (Å²) in [5.41, 5.74) is 1.59. The number of rotatable bonds is 5. The molecule has 0 aliphatic carbocycles. The van der Waals surface area contributed by atoms with Gasteiger partial charge in [-0.3, -0.25) is 14.9 Å². The lowest BCUT2D eigenvalue weighted by molar-refractivity contribution is -0.383. The Kier molecular flexibility index (Phi) is 4.42. The highest BCUT2D eigenvalue weighted by Gasteiger charge is 2.22. The van der Waals surface area contributed by atoms with Crippen LogP contribution in [0, 0.1) is 17.0 Å². The summed E-state index contributed by atoms with van der Waals surface area (Å²) in [7, 11) is 1.60. The lowest BCUT2D eigenvalue weighted by Gasteiger charge is -2.14. The molecule has 4 aromatic rings. The molecule has 148 valence electrons. The number of H-pyrrole nitrogens is 1. The molecule has 0 amide bonds. The van der Waals surface area contributed by atoms with Crippen LogP contribution in [0.5, 0.6) is 5.75 Å². The van der Waals surface area contributed by atoms with Crippen LogP contribution >= 0.6 is 0 Å². The van der Waals surface area contributed by atoms with Gasteiger partial charge in [0.15, 0.2) is 0 Å². The molecule has 2 heterocycles. The number of benzene rings is 2. The van der Waals surface area contributed by atoms with Crippen LogP contribution in [0.4, 0.5) is 11.4 Å². The van der Waals surface area contributed by atoms with E-state index in [1.165, 1.54) is 18.5 Å². The smallest absolute Gasteiger partial charge is 0.293 e. The number of aryl methyl sites for hydroxylation is 1. The Morgan fingerprint density at radius 2 is 2.07 bits per heavy atom. The average molecular weight is 394 g/mol. The number of nitro benzene ring substituents is 1. The molecule has 0 spiro atoms. The number of nitro groups is 1. The zero-order chi connectivity index (χ0) is 20.7. The summed E-state index contributed by atoms with van der Waals surface area (Å²) in [6.07, 6.45) is 1.26. The Morgan fingerprint density at radius 1 is 1.28 bits per heavy atom. The molecule has 0 bridgehead atoms. The van der Waals surface area contributed by atoms with Crippen molar-refractivity contribution in [2.75, 3.05) is 12.4 Å². The Balaban J connectivity index is 1.77. The number of furan rings is 1. The van der Waals surface area contributed by atoms with Crippen molar-refractivity contribution in [1.82, 2.24) is 9.97 Å². The first kappa shape index (κ1) is 18.5. The van der Waals surface area contributed by atoms with Crippen LogP contribution in [0.1, 0.15) is 24.3 Å². The molecule has 2 aromatic heterocycles. The number of aromatic amines is 1. The van der Waals surface area contributed by atoms with E-state index < -0.39 is 10.5 Å². The molecular weight excluding hydrogens is 376 g/mol. The van der Waals surface area contributed by atoms with Crippen molar-refractivity contribution in [1.29, 1.82) is 0 Å². The Morgan fingerprint density at radius 3 is 2.79 bits per heavy atom. The van der Waals surface area contributed by atoms with Crippen LogP contribution in [-0.2, 0) is 0 Å². The number of aromatic nitrogens is 2. The van der Waals surface area contributed by atoms with Gasteiger partial charge in [0.05, 0.1) is 35.3 Å². The van der Waals surface area contributed by atoms with Crippen molar-refractivity contribution in [2.45, 2.75) is 19.9 Å². The first-order valence-electron chi connectivity index (χ1n) is 8.88. The van der Waals surface area contributed by atoms with E-state index in [9.17, 15) is 14.9 Å². The summed E-state index contributed by atoms with van der Waals surface area (Å²) in [5, 5.41) is 15.8. The van der Waals surface area contributed by atoms with Crippen molar-refractivity contribution < 1.29 is 14.1 Å². The molecule has 0 saturated carbocycles. The number of ether oxygens (including phenoxy) is 1. The highest BCUT2D eigenvalue weighted by molar-refractivity contribution is 5.87. The maximum absolute atomic E-state index is 11.9. The van der Waals surface area contributed by atoms with Gasteiger partial charge in [-0.1, -0.05) is 0 Å². The molecule has 29 heavy (non-hydrogen) atoms. The number of fused-ring (bicyclic) bond motifs is 2. The molecule has 9 nitrogen and oxygen atoms in total. The summed E-state index contributed by atoms with van der Waals surface area (Å²) in [4.78, 5) is 29.5. The minimum absolute atomic E-state index is 0.157. The quantitative estimate of drug-likeness (QED) is 0.386. The average Bonchev–Trinajstić information content (AvgIpc) is 3.03.